The van der Waals surface area contributed by atoms with E-state index < -0.39 is 0 Å². The molecular weight excluding hydrogens is 320 g/mol. The number of benzene rings is 2. The number of nitrogens with zero attached hydrogens (tertiary/aromatic N) is 1. The van der Waals surface area contributed by atoms with Gasteiger partial charge in [0.25, 0.3) is 0 Å². The van der Waals surface area contributed by atoms with E-state index in [-0.39, 0.29) is 0 Å². The first-order valence-electron chi connectivity index (χ1n) is 10.1. The molecule has 26 heavy (non-hydrogen) atoms. The van der Waals surface area contributed by atoms with Gasteiger partial charge in [-0.1, -0.05) is 61.4 Å². The fourth-order valence-electron chi connectivity index (χ4n) is 3.99. The van der Waals surface area contributed by atoms with Crippen LogP contribution in [0.15, 0.2) is 48.5 Å². The Bertz CT molecular complexity index is 668. The molecule has 2 fully saturated rings. The molecule has 3 heteroatoms. The minimum absolute atomic E-state index is 0.484. The fourth-order valence-corrected chi connectivity index (χ4v) is 3.99. The van der Waals surface area contributed by atoms with Crippen molar-refractivity contribution in [1.29, 1.82) is 0 Å². The highest BCUT2D eigenvalue weighted by Crippen LogP contribution is 2.24. The van der Waals surface area contributed by atoms with Crippen LogP contribution in [0.1, 0.15) is 36.8 Å². The Kier molecular flexibility index (Phi) is 6.00. The predicted molar refractivity (Wildman–Crippen MR) is 107 cm³/mol. The van der Waals surface area contributed by atoms with Crippen LogP contribution in [-0.2, 0) is 17.9 Å². The lowest BCUT2D eigenvalue weighted by atomic mass is 10.0. The van der Waals surface area contributed by atoms with Gasteiger partial charge >= 0.3 is 0 Å². The Balaban J connectivity index is 1.33. The van der Waals surface area contributed by atoms with Gasteiger partial charge in [-0.2, -0.15) is 0 Å². The maximum absolute atomic E-state index is 6.01. The molecule has 138 valence electrons. The summed E-state index contributed by atoms with van der Waals surface area (Å²) in [4.78, 5) is 2.52. The standard InChI is InChI=1S/C23H30N2O/c1-2-4-23(3-1)26-18-20-7-11-22(12-8-20)21-9-5-19(6-10-21)17-25-15-13-24-14-16-25/h5-12,23-24H,1-4,13-18H2. The number of rotatable bonds is 6. The molecular formula is C23H30N2O. The molecule has 2 aliphatic rings. The number of nitrogens with one attached hydrogen (secondary N) is 1. The first-order valence-corrected chi connectivity index (χ1v) is 10.1. The quantitative estimate of drug-likeness (QED) is 0.844. The molecule has 0 spiro atoms. The van der Waals surface area contributed by atoms with E-state index in [9.17, 15) is 0 Å². The third kappa shape index (κ3) is 4.73. The van der Waals surface area contributed by atoms with Crippen molar-refractivity contribution in [2.45, 2.75) is 44.9 Å². The van der Waals surface area contributed by atoms with Crippen molar-refractivity contribution in [3.05, 3.63) is 59.7 Å². The second kappa shape index (κ2) is 8.81. The molecule has 0 amide bonds. The Morgan fingerprint density at radius 3 is 2.00 bits per heavy atom. The second-order valence-electron chi connectivity index (χ2n) is 7.64. The summed E-state index contributed by atoms with van der Waals surface area (Å²) in [6, 6.07) is 17.9. The van der Waals surface area contributed by atoms with Crippen LogP contribution in [0, 0.1) is 0 Å². The van der Waals surface area contributed by atoms with Crippen LogP contribution in [0.25, 0.3) is 11.1 Å². The van der Waals surface area contributed by atoms with Crippen LogP contribution in [0.4, 0.5) is 0 Å². The zero-order valence-corrected chi connectivity index (χ0v) is 15.6. The zero-order chi connectivity index (χ0) is 17.6. The molecule has 3 nitrogen and oxygen atoms in total. The molecule has 2 aromatic rings. The van der Waals surface area contributed by atoms with Gasteiger partial charge in [-0.05, 0) is 35.1 Å². The molecule has 1 heterocycles. The summed E-state index contributed by atoms with van der Waals surface area (Å²) < 4.78 is 6.01. The van der Waals surface area contributed by atoms with Gasteiger partial charge in [-0.3, -0.25) is 4.90 Å². The largest absolute Gasteiger partial charge is 0.374 e. The van der Waals surface area contributed by atoms with Gasteiger partial charge in [0.15, 0.2) is 0 Å². The van der Waals surface area contributed by atoms with Gasteiger partial charge in [-0.25, -0.2) is 0 Å². The van der Waals surface area contributed by atoms with Crippen molar-refractivity contribution < 1.29 is 4.74 Å². The summed E-state index contributed by atoms with van der Waals surface area (Å²) in [5, 5.41) is 3.41. The number of piperazine rings is 1. The second-order valence-corrected chi connectivity index (χ2v) is 7.64. The van der Waals surface area contributed by atoms with Crippen molar-refractivity contribution >= 4 is 0 Å². The van der Waals surface area contributed by atoms with Crippen molar-refractivity contribution in [1.82, 2.24) is 10.2 Å². The minimum atomic E-state index is 0.484. The zero-order valence-electron chi connectivity index (χ0n) is 15.6. The first kappa shape index (κ1) is 17.7. The van der Waals surface area contributed by atoms with Gasteiger partial charge in [0.2, 0.25) is 0 Å². The molecule has 1 N–H and O–H groups in total. The molecule has 1 saturated carbocycles. The van der Waals surface area contributed by atoms with Gasteiger partial charge in [0.1, 0.15) is 0 Å². The van der Waals surface area contributed by atoms with E-state index in [1.165, 1.54) is 47.9 Å². The third-order valence-electron chi connectivity index (χ3n) is 5.64. The van der Waals surface area contributed by atoms with Crippen molar-refractivity contribution in [3.63, 3.8) is 0 Å². The van der Waals surface area contributed by atoms with E-state index >= 15 is 0 Å². The SMILES string of the molecule is c1cc(-c2ccc(CN3CCNCC3)cc2)ccc1COC1CCCC1. The monoisotopic (exact) mass is 350 g/mol. The van der Waals surface area contributed by atoms with E-state index in [4.69, 9.17) is 4.74 Å². The van der Waals surface area contributed by atoms with Crippen LogP contribution < -0.4 is 5.32 Å². The molecule has 0 unspecified atom stereocenters. The smallest absolute Gasteiger partial charge is 0.0720 e. The van der Waals surface area contributed by atoms with Gasteiger partial charge in [0.05, 0.1) is 12.7 Å². The molecule has 1 aliphatic carbocycles. The molecule has 4 rings (SSSR count). The summed E-state index contributed by atoms with van der Waals surface area (Å²) in [5.74, 6) is 0. The highest BCUT2D eigenvalue weighted by atomic mass is 16.5. The number of ether oxygens (including phenoxy) is 1. The van der Waals surface area contributed by atoms with Crippen molar-refractivity contribution in [3.8, 4) is 11.1 Å². The highest BCUT2D eigenvalue weighted by molar-refractivity contribution is 5.63. The van der Waals surface area contributed by atoms with E-state index in [0.29, 0.717) is 6.10 Å². The van der Waals surface area contributed by atoms with Gasteiger partial charge in [-0.15, -0.1) is 0 Å². The predicted octanol–water partition coefficient (Wildman–Crippen LogP) is 4.22. The third-order valence-corrected chi connectivity index (χ3v) is 5.64. The van der Waals surface area contributed by atoms with Crippen LogP contribution in [0.3, 0.4) is 0 Å². The van der Waals surface area contributed by atoms with Crippen LogP contribution in [-0.4, -0.2) is 37.2 Å². The summed E-state index contributed by atoms with van der Waals surface area (Å²) in [6.45, 7) is 6.30. The Morgan fingerprint density at radius 2 is 1.38 bits per heavy atom. The highest BCUT2D eigenvalue weighted by Gasteiger charge is 2.15. The molecule has 0 aromatic heterocycles. The summed E-state index contributed by atoms with van der Waals surface area (Å²) in [5.41, 5.74) is 5.24. The lowest BCUT2D eigenvalue weighted by Gasteiger charge is -2.27. The molecule has 0 radical (unpaired) electrons. The van der Waals surface area contributed by atoms with E-state index in [1.807, 2.05) is 0 Å². The Labute approximate surface area is 157 Å². The molecule has 0 bridgehead atoms. The van der Waals surface area contributed by atoms with E-state index in [2.05, 4.69) is 58.7 Å². The first-order chi connectivity index (χ1) is 12.9. The van der Waals surface area contributed by atoms with Gasteiger partial charge < -0.3 is 10.1 Å². The Morgan fingerprint density at radius 1 is 0.808 bits per heavy atom. The van der Waals surface area contributed by atoms with Crippen molar-refractivity contribution in [2.75, 3.05) is 26.2 Å². The van der Waals surface area contributed by atoms with E-state index in [0.717, 1.165) is 39.3 Å². The number of hydrogen-bond acceptors (Lipinski definition) is 3. The lowest BCUT2D eigenvalue weighted by Crippen LogP contribution is -2.42. The topological polar surface area (TPSA) is 24.5 Å². The molecule has 2 aromatic carbocycles. The molecule has 1 aliphatic heterocycles. The summed E-state index contributed by atoms with van der Waals surface area (Å²) >= 11 is 0. The summed E-state index contributed by atoms with van der Waals surface area (Å²) in [6.07, 6.45) is 5.61. The van der Waals surface area contributed by atoms with Crippen molar-refractivity contribution in [2.24, 2.45) is 0 Å². The van der Waals surface area contributed by atoms with Crippen LogP contribution in [0.5, 0.6) is 0 Å². The van der Waals surface area contributed by atoms with Crippen LogP contribution >= 0.6 is 0 Å². The molecule has 0 atom stereocenters. The summed E-state index contributed by atoms with van der Waals surface area (Å²) in [7, 11) is 0. The Hall–Kier alpha value is -1.68. The maximum atomic E-state index is 6.01. The van der Waals surface area contributed by atoms with E-state index in [1.54, 1.807) is 0 Å². The fraction of sp³-hybridized carbons (Fsp3) is 0.478. The molecule has 1 saturated heterocycles. The van der Waals surface area contributed by atoms with Gasteiger partial charge in [0, 0.05) is 32.7 Å². The minimum Gasteiger partial charge on any atom is -0.374 e. The lowest BCUT2D eigenvalue weighted by molar-refractivity contribution is 0.0457. The maximum Gasteiger partial charge on any atom is 0.0720 e. The normalized spacial score (nSPS) is 19.1. The number of hydrogen-bond donors (Lipinski definition) is 1. The average Bonchev–Trinajstić information content (AvgIpc) is 3.22. The van der Waals surface area contributed by atoms with Crippen LogP contribution in [0.2, 0.25) is 0 Å². The average molecular weight is 351 g/mol.